The molecule has 0 aliphatic rings. The molecule has 78 valence electrons. The molecule has 2 nitrogen and oxygen atoms in total. The zero-order valence-corrected chi connectivity index (χ0v) is 9.20. The van der Waals surface area contributed by atoms with Gasteiger partial charge in [0.15, 0.2) is 0 Å². The predicted molar refractivity (Wildman–Crippen MR) is 58.4 cm³/mol. The van der Waals surface area contributed by atoms with Gasteiger partial charge in [-0.15, -0.1) is 24.2 Å². The predicted octanol–water partition coefficient (Wildman–Crippen LogP) is 2.17. The van der Waals surface area contributed by atoms with Crippen molar-refractivity contribution >= 4 is 30.5 Å². The Morgan fingerprint density at radius 2 is 2.21 bits per heavy atom. The summed E-state index contributed by atoms with van der Waals surface area (Å²) in [5.74, 6) is -0.370. The van der Waals surface area contributed by atoms with Crippen LogP contribution in [0, 0.1) is 5.82 Å². The number of benzene rings is 1. The Balaban J connectivity index is 0.00000169. The van der Waals surface area contributed by atoms with E-state index in [1.54, 1.807) is 6.07 Å². The van der Waals surface area contributed by atoms with E-state index in [0.29, 0.717) is 11.8 Å². The van der Waals surface area contributed by atoms with E-state index in [1.165, 1.54) is 23.9 Å². The topological polar surface area (TPSA) is 43.1 Å². The summed E-state index contributed by atoms with van der Waals surface area (Å²) in [6.45, 7) is 0. The Kier molecular flexibility index (Phi) is 5.76. The highest BCUT2D eigenvalue weighted by Crippen LogP contribution is 2.24. The third-order valence-corrected chi connectivity index (χ3v) is 2.51. The third kappa shape index (κ3) is 2.97. The molecule has 0 aliphatic carbocycles. The van der Waals surface area contributed by atoms with Gasteiger partial charge in [-0.3, -0.25) is 0 Å². The second-order valence-corrected chi connectivity index (χ2v) is 3.40. The molecule has 0 amide bonds. The van der Waals surface area contributed by atoms with E-state index < -0.39 is 6.04 Å². The van der Waals surface area contributed by atoms with Crippen LogP contribution >= 0.6 is 24.2 Å². The van der Waals surface area contributed by atoms with Crippen molar-refractivity contribution < 1.29 is 9.18 Å². The summed E-state index contributed by atoms with van der Waals surface area (Å²) in [6.07, 6.45) is 2.46. The molecule has 5 heteroatoms. The highest BCUT2D eigenvalue weighted by molar-refractivity contribution is 7.98. The molecule has 1 rings (SSSR count). The average molecular weight is 236 g/mol. The summed E-state index contributed by atoms with van der Waals surface area (Å²) in [7, 11) is 0. The van der Waals surface area contributed by atoms with Crippen LogP contribution < -0.4 is 5.73 Å². The molecule has 2 N–H and O–H groups in total. The van der Waals surface area contributed by atoms with Gasteiger partial charge in [-0.25, -0.2) is 4.39 Å². The Bertz CT molecular complexity index is 322. The highest BCUT2D eigenvalue weighted by atomic mass is 35.5. The van der Waals surface area contributed by atoms with Crippen LogP contribution in [0.4, 0.5) is 4.39 Å². The number of halogens is 2. The molecule has 1 aromatic rings. The fourth-order valence-electron chi connectivity index (χ4n) is 1.04. The van der Waals surface area contributed by atoms with Gasteiger partial charge in [0, 0.05) is 4.90 Å². The first kappa shape index (κ1) is 13.4. The van der Waals surface area contributed by atoms with E-state index in [1.807, 2.05) is 6.26 Å². The highest BCUT2D eigenvalue weighted by Gasteiger charge is 2.10. The molecule has 0 saturated carbocycles. The lowest BCUT2D eigenvalue weighted by atomic mass is 10.1. The maximum absolute atomic E-state index is 12.8. The molecule has 0 aromatic heterocycles. The number of thioether (sulfide) groups is 1. The molecule has 0 spiro atoms. The van der Waals surface area contributed by atoms with Gasteiger partial charge in [-0.2, -0.15) is 0 Å². The number of carbonyl (C=O) groups excluding carboxylic acids is 1. The second kappa shape index (κ2) is 6.01. The molecule has 0 bridgehead atoms. The van der Waals surface area contributed by atoms with E-state index in [-0.39, 0.29) is 18.2 Å². The number of carbonyl (C=O) groups is 1. The van der Waals surface area contributed by atoms with E-state index >= 15 is 0 Å². The van der Waals surface area contributed by atoms with E-state index in [2.05, 4.69) is 0 Å². The van der Waals surface area contributed by atoms with Gasteiger partial charge in [-0.05, 0) is 30.0 Å². The van der Waals surface area contributed by atoms with Crippen molar-refractivity contribution in [3.8, 4) is 0 Å². The van der Waals surface area contributed by atoms with Crippen LogP contribution in [0.1, 0.15) is 11.6 Å². The first-order valence-corrected chi connectivity index (χ1v) is 4.96. The van der Waals surface area contributed by atoms with Crippen molar-refractivity contribution in [1.82, 2.24) is 0 Å². The summed E-state index contributed by atoms with van der Waals surface area (Å²) in [4.78, 5) is 11.3. The van der Waals surface area contributed by atoms with E-state index in [0.717, 1.165) is 4.90 Å². The fourth-order valence-corrected chi connectivity index (χ4v) is 1.67. The molecule has 1 aromatic carbocycles. The normalized spacial score (nSPS) is 11.6. The maximum Gasteiger partial charge on any atom is 0.141 e. The standard InChI is InChI=1S/C9H10FNOS.ClH/c1-13-9-3-2-6(10)4-7(9)8(11)5-12;/h2-5,8H,11H2,1H3;1H. The fraction of sp³-hybridized carbons (Fsp3) is 0.222. The number of hydrogen-bond acceptors (Lipinski definition) is 3. The minimum atomic E-state index is -0.738. The molecule has 1 atom stereocenters. The Morgan fingerprint density at radius 3 is 2.71 bits per heavy atom. The summed E-state index contributed by atoms with van der Waals surface area (Å²) < 4.78 is 12.8. The van der Waals surface area contributed by atoms with Gasteiger partial charge >= 0.3 is 0 Å². The lowest BCUT2D eigenvalue weighted by Crippen LogP contribution is -2.12. The van der Waals surface area contributed by atoms with Gasteiger partial charge in [0.2, 0.25) is 0 Å². The van der Waals surface area contributed by atoms with Gasteiger partial charge in [0.05, 0.1) is 6.04 Å². The van der Waals surface area contributed by atoms with Crippen LogP contribution in [0.2, 0.25) is 0 Å². The number of hydrogen-bond donors (Lipinski definition) is 1. The van der Waals surface area contributed by atoms with Crippen molar-refractivity contribution in [2.45, 2.75) is 10.9 Å². The van der Waals surface area contributed by atoms with Gasteiger partial charge in [0.1, 0.15) is 12.1 Å². The number of rotatable bonds is 3. The Labute approximate surface area is 92.5 Å². The summed E-state index contributed by atoms with van der Waals surface area (Å²) in [5.41, 5.74) is 6.04. The molecule has 14 heavy (non-hydrogen) atoms. The van der Waals surface area contributed by atoms with E-state index in [9.17, 15) is 9.18 Å². The molecule has 1 unspecified atom stereocenters. The van der Waals surface area contributed by atoms with Crippen molar-refractivity contribution in [2.24, 2.45) is 5.73 Å². The molecular formula is C9H11ClFNOS. The first-order valence-electron chi connectivity index (χ1n) is 3.73. The summed E-state index contributed by atoms with van der Waals surface area (Å²) in [5, 5.41) is 0. The van der Waals surface area contributed by atoms with Crippen molar-refractivity contribution in [3.63, 3.8) is 0 Å². The van der Waals surface area contributed by atoms with Crippen LogP contribution in [0.25, 0.3) is 0 Å². The van der Waals surface area contributed by atoms with Crippen molar-refractivity contribution in [1.29, 1.82) is 0 Å². The zero-order chi connectivity index (χ0) is 9.84. The molecule has 0 saturated heterocycles. The average Bonchev–Trinajstić information content (AvgIpc) is 2.16. The number of nitrogens with two attached hydrogens (primary N) is 1. The molecule has 0 heterocycles. The minimum Gasteiger partial charge on any atom is -0.318 e. The Hall–Kier alpha value is -0.580. The van der Waals surface area contributed by atoms with Crippen molar-refractivity contribution in [3.05, 3.63) is 29.6 Å². The van der Waals surface area contributed by atoms with Gasteiger partial charge < -0.3 is 10.5 Å². The lowest BCUT2D eigenvalue weighted by molar-refractivity contribution is -0.109. The van der Waals surface area contributed by atoms with Crippen molar-refractivity contribution in [2.75, 3.05) is 6.26 Å². The van der Waals surface area contributed by atoms with Crippen LogP contribution in [0.15, 0.2) is 23.1 Å². The minimum absolute atomic E-state index is 0. The lowest BCUT2D eigenvalue weighted by Gasteiger charge is -2.09. The quantitative estimate of drug-likeness (QED) is 0.645. The van der Waals surface area contributed by atoms with Crippen LogP contribution in [-0.2, 0) is 4.79 Å². The largest absolute Gasteiger partial charge is 0.318 e. The SMILES string of the molecule is CSc1ccc(F)cc1C(N)C=O.Cl. The molecule has 0 radical (unpaired) electrons. The molecule has 0 aliphatic heterocycles. The molecular weight excluding hydrogens is 225 g/mol. The molecule has 0 fully saturated rings. The van der Waals surface area contributed by atoms with E-state index in [4.69, 9.17) is 5.73 Å². The summed E-state index contributed by atoms with van der Waals surface area (Å²) >= 11 is 1.44. The maximum atomic E-state index is 12.8. The summed E-state index contributed by atoms with van der Waals surface area (Å²) in [6, 6.07) is 3.54. The monoisotopic (exact) mass is 235 g/mol. The van der Waals surface area contributed by atoms with Gasteiger partial charge in [-0.1, -0.05) is 0 Å². The van der Waals surface area contributed by atoms with Gasteiger partial charge in [0.25, 0.3) is 0 Å². The Morgan fingerprint density at radius 1 is 1.57 bits per heavy atom. The number of aldehydes is 1. The second-order valence-electron chi connectivity index (χ2n) is 2.55. The zero-order valence-electron chi connectivity index (χ0n) is 7.57. The van der Waals surface area contributed by atoms with Crippen LogP contribution in [0.5, 0.6) is 0 Å². The smallest absolute Gasteiger partial charge is 0.141 e. The van der Waals surface area contributed by atoms with Crippen LogP contribution in [-0.4, -0.2) is 12.5 Å². The first-order chi connectivity index (χ1) is 6.19. The van der Waals surface area contributed by atoms with Crippen LogP contribution in [0.3, 0.4) is 0 Å². The third-order valence-electron chi connectivity index (χ3n) is 1.70.